The maximum absolute atomic E-state index is 12.4. The number of hydrogen-bond donors (Lipinski definition) is 3. The molecule has 34 heavy (non-hydrogen) atoms. The Morgan fingerprint density at radius 1 is 0.853 bits per heavy atom. The highest BCUT2D eigenvalue weighted by Crippen LogP contribution is 2.44. The number of carboxylic acid groups (broad SMARTS) is 1. The number of carbonyl (C=O) groups is 3. The fourth-order valence-corrected chi connectivity index (χ4v) is 4.70. The Bertz CT molecular complexity index is 1200. The zero-order chi connectivity index (χ0) is 23.7. The van der Waals surface area contributed by atoms with Crippen LogP contribution in [-0.4, -0.2) is 35.7 Å². The van der Waals surface area contributed by atoms with Crippen molar-refractivity contribution in [1.82, 2.24) is 5.32 Å². The summed E-state index contributed by atoms with van der Waals surface area (Å²) < 4.78 is 5.57. The molecule has 2 amide bonds. The second-order valence-corrected chi connectivity index (χ2v) is 8.71. The first-order chi connectivity index (χ1) is 16.5. The number of hydrogen-bond acceptors (Lipinski definition) is 4. The highest BCUT2D eigenvalue weighted by Gasteiger charge is 2.36. The number of carboxylic acids is 1. The predicted molar refractivity (Wildman–Crippen MR) is 127 cm³/mol. The molecule has 0 heterocycles. The number of ether oxygens (including phenoxy) is 1. The molecule has 2 aliphatic rings. The van der Waals surface area contributed by atoms with E-state index >= 15 is 0 Å². The third kappa shape index (κ3) is 4.24. The molecule has 0 aliphatic heterocycles. The van der Waals surface area contributed by atoms with E-state index in [9.17, 15) is 14.4 Å². The average Bonchev–Trinajstić information content (AvgIpc) is 3.14. The largest absolute Gasteiger partial charge is 0.478 e. The van der Waals surface area contributed by atoms with E-state index in [1.54, 1.807) is 12.1 Å². The minimum atomic E-state index is -1.01. The Hall–Kier alpha value is -4.13. The van der Waals surface area contributed by atoms with Crippen LogP contribution in [0.4, 0.5) is 10.5 Å². The SMILES string of the molecule is O=C(NC1CC(C(=O)Nc2ccc(C(=O)O)cc2)C1)OCC1c2ccccc2-c2ccccc21. The van der Waals surface area contributed by atoms with E-state index in [1.807, 2.05) is 24.3 Å². The van der Waals surface area contributed by atoms with E-state index in [0.29, 0.717) is 18.5 Å². The first kappa shape index (κ1) is 21.7. The molecule has 7 nitrogen and oxygen atoms in total. The Labute approximate surface area is 196 Å². The molecule has 3 aromatic rings. The van der Waals surface area contributed by atoms with Crippen LogP contribution in [0.5, 0.6) is 0 Å². The van der Waals surface area contributed by atoms with Crippen LogP contribution in [0.1, 0.15) is 40.2 Å². The van der Waals surface area contributed by atoms with Crippen molar-refractivity contribution in [3.63, 3.8) is 0 Å². The van der Waals surface area contributed by atoms with Crippen molar-refractivity contribution in [3.05, 3.63) is 89.5 Å². The molecule has 3 aromatic carbocycles. The highest BCUT2D eigenvalue weighted by molar-refractivity contribution is 5.94. The minimum Gasteiger partial charge on any atom is -0.478 e. The third-order valence-electron chi connectivity index (χ3n) is 6.57. The number of anilines is 1. The normalized spacial score (nSPS) is 18.2. The molecule has 172 valence electrons. The summed E-state index contributed by atoms with van der Waals surface area (Å²) in [7, 11) is 0. The lowest BCUT2D eigenvalue weighted by molar-refractivity contribution is -0.122. The third-order valence-corrected chi connectivity index (χ3v) is 6.57. The lowest BCUT2D eigenvalue weighted by Crippen LogP contribution is -2.48. The van der Waals surface area contributed by atoms with Gasteiger partial charge >= 0.3 is 12.1 Å². The molecule has 1 fully saturated rings. The van der Waals surface area contributed by atoms with Crippen LogP contribution < -0.4 is 10.6 Å². The van der Waals surface area contributed by atoms with E-state index in [4.69, 9.17) is 9.84 Å². The fourth-order valence-electron chi connectivity index (χ4n) is 4.70. The molecule has 0 bridgehead atoms. The number of nitrogens with one attached hydrogen (secondary N) is 2. The van der Waals surface area contributed by atoms with Gasteiger partial charge in [-0.15, -0.1) is 0 Å². The van der Waals surface area contributed by atoms with E-state index < -0.39 is 12.1 Å². The summed E-state index contributed by atoms with van der Waals surface area (Å²) in [4.78, 5) is 35.7. The molecule has 2 aliphatic carbocycles. The van der Waals surface area contributed by atoms with Gasteiger partial charge in [0.05, 0.1) is 5.56 Å². The number of carbonyl (C=O) groups excluding carboxylic acids is 2. The minimum absolute atomic E-state index is 0.00517. The molecule has 0 spiro atoms. The Morgan fingerprint density at radius 3 is 2.03 bits per heavy atom. The van der Waals surface area contributed by atoms with Gasteiger partial charge in [0.2, 0.25) is 5.91 Å². The number of fused-ring (bicyclic) bond motifs is 3. The van der Waals surface area contributed by atoms with Crippen molar-refractivity contribution in [2.75, 3.05) is 11.9 Å². The van der Waals surface area contributed by atoms with Gasteiger partial charge in [-0.1, -0.05) is 48.5 Å². The Morgan fingerprint density at radius 2 is 1.44 bits per heavy atom. The molecular weight excluding hydrogens is 432 g/mol. The van der Waals surface area contributed by atoms with Gasteiger partial charge in [-0.25, -0.2) is 9.59 Å². The lowest BCUT2D eigenvalue weighted by Gasteiger charge is -2.34. The van der Waals surface area contributed by atoms with Crippen LogP contribution in [0.3, 0.4) is 0 Å². The van der Waals surface area contributed by atoms with Crippen LogP contribution >= 0.6 is 0 Å². The molecule has 0 unspecified atom stereocenters. The van der Waals surface area contributed by atoms with Gasteiger partial charge in [-0.05, 0) is 59.4 Å². The number of benzene rings is 3. The van der Waals surface area contributed by atoms with Crippen LogP contribution in [0.15, 0.2) is 72.8 Å². The van der Waals surface area contributed by atoms with Gasteiger partial charge in [0.25, 0.3) is 0 Å². The van der Waals surface area contributed by atoms with Crippen molar-refractivity contribution in [2.45, 2.75) is 24.8 Å². The summed E-state index contributed by atoms with van der Waals surface area (Å²) in [6, 6.07) is 22.3. The van der Waals surface area contributed by atoms with Gasteiger partial charge in [0.15, 0.2) is 0 Å². The van der Waals surface area contributed by atoms with Gasteiger partial charge in [0.1, 0.15) is 6.61 Å². The van der Waals surface area contributed by atoms with Crippen molar-refractivity contribution in [2.24, 2.45) is 5.92 Å². The first-order valence-corrected chi connectivity index (χ1v) is 11.3. The average molecular weight is 456 g/mol. The number of amides is 2. The zero-order valence-corrected chi connectivity index (χ0v) is 18.4. The Kier molecular flexibility index (Phi) is 5.76. The van der Waals surface area contributed by atoms with Crippen LogP contribution in [0, 0.1) is 5.92 Å². The molecule has 0 aromatic heterocycles. The second kappa shape index (κ2) is 9.02. The number of rotatable bonds is 6. The summed E-state index contributed by atoms with van der Waals surface area (Å²) in [6.45, 7) is 0.253. The van der Waals surface area contributed by atoms with Crippen molar-refractivity contribution in [1.29, 1.82) is 0 Å². The van der Waals surface area contributed by atoms with Crippen molar-refractivity contribution < 1.29 is 24.2 Å². The van der Waals surface area contributed by atoms with Crippen molar-refractivity contribution >= 4 is 23.7 Å². The lowest BCUT2D eigenvalue weighted by atomic mass is 9.79. The summed E-state index contributed by atoms with van der Waals surface area (Å²) in [5, 5.41) is 14.6. The number of alkyl carbamates (subject to hydrolysis) is 1. The molecule has 0 radical (unpaired) electrons. The summed E-state index contributed by atoms with van der Waals surface area (Å²) in [5.41, 5.74) is 5.38. The Balaban J connectivity index is 1.10. The smallest absolute Gasteiger partial charge is 0.407 e. The second-order valence-electron chi connectivity index (χ2n) is 8.71. The van der Waals surface area contributed by atoms with Gasteiger partial charge in [-0.2, -0.15) is 0 Å². The molecule has 0 atom stereocenters. The van der Waals surface area contributed by atoms with E-state index in [0.717, 1.165) is 11.1 Å². The molecule has 0 saturated heterocycles. The zero-order valence-electron chi connectivity index (χ0n) is 18.4. The van der Waals surface area contributed by atoms with Crippen LogP contribution in [0.2, 0.25) is 0 Å². The van der Waals surface area contributed by atoms with E-state index in [1.165, 1.54) is 23.3 Å². The summed E-state index contributed by atoms with van der Waals surface area (Å²) in [6.07, 6.45) is 0.585. The molecule has 1 saturated carbocycles. The highest BCUT2D eigenvalue weighted by atomic mass is 16.5. The maximum Gasteiger partial charge on any atom is 0.407 e. The quantitative estimate of drug-likeness (QED) is 0.501. The molecule has 3 N–H and O–H groups in total. The van der Waals surface area contributed by atoms with Gasteiger partial charge < -0.3 is 20.5 Å². The molecule has 5 rings (SSSR count). The fraction of sp³-hybridized carbons (Fsp3) is 0.222. The first-order valence-electron chi connectivity index (χ1n) is 11.3. The van der Waals surface area contributed by atoms with E-state index in [2.05, 4.69) is 34.9 Å². The summed E-state index contributed by atoms with van der Waals surface area (Å²) in [5.74, 6) is -1.36. The van der Waals surface area contributed by atoms with Crippen LogP contribution in [-0.2, 0) is 9.53 Å². The topological polar surface area (TPSA) is 105 Å². The van der Waals surface area contributed by atoms with Crippen LogP contribution in [0.25, 0.3) is 11.1 Å². The predicted octanol–water partition coefficient (Wildman–Crippen LogP) is 4.64. The van der Waals surface area contributed by atoms with Gasteiger partial charge in [0, 0.05) is 23.6 Å². The monoisotopic (exact) mass is 456 g/mol. The van der Waals surface area contributed by atoms with E-state index in [-0.39, 0.29) is 36.0 Å². The van der Waals surface area contributed by atoms with Crippen molar-refractivity contribution in [3.8, 4) is 11.1 Å². The standard InChI is InChI=1S/C27H24N2O5/c30-25(28-18-11-9-16(10-12-18)26(31)32)17-13-19(14-17)29-27(33)34-15-24-22-7-3-1-5-20(22)21-6-2-4-8-23(21)24/h1-12,17,19,24H,13-15H2,(H,28,30)(H,29,33)(H,31,32). The molecular formula is C27H24N2O5. The number of aromatic carboxylic acids is 1. The van der Waals surface area contributed by atoms with Gasteiger partial charge in [-0.3, -0.25) is 4.79 Å². The maximum atomic E-state index is 12.4. The molecule has 7 heteroatoms. The summed E-state index contributed by atoms with van der Waals surface area (Å²) >= 11 is 0.